The molecule has 3 aromatic rings. The fourth-order valence-corrected chi connectivity index (χ4v) is 4.70. The van der Waals surface area contributed by atoms with Crippen molar-refractivity contribution in [3.63, 3.8) is 0 Å². The number of rotatable bonds is 5. The monoisotopic (exact) mass is 405 g/mol. The molecule has 0 spiro atoms. The lowest BCUT2D eigenvalue weighted by molar-refractivity contribution is 0.353. The number of nitrogens with zero attached hydrogens (tertiary/aromatic N) is 6. The van der Waals surface area contributed by atoms with E-state index in [1.807, 2.05) is 37.5 Å². The molecule has 5 rings (SSSR count). The van der Waals surface area contributed by atoms with Crippen LogP contribution >= 0.6 is 0 Å². The molecular formula is C22H27N7O. The van der Waals surface area contributed by atoms with Gasteiger partial charge in [0.25, 0.3) is 0 Å². The fourth-order valence-electron chi connectivity index (χ4n) is 4.70. The number of hydrogen-bond donors (Lipinski definition) is 1. The maximum Gasteiger partial charge on any atom is 0.221 e. The zero-order chi connectivity index (χ0) is 20.7. The number of anilines is 1. The summed E-state index contributed by atoms with van der Waals surface area (Å²) in [6.07, 6.45) is 8.67. The molecule has 2 aliphatic heterocycles. The van der Waals surface area contributed by atoms with E-state index in [0.29, 0.717) is 24.0 Å². The Balaban J connectivity index is 1.36. The molecule has 3 aromatic heterocycles. The number of nitrogens with one attached hydrogen (secondary N) is 1. The lowest BCUT2D eigenvalue weighted by Crippen LogP contribution is -2.47. The highest BCUT2D eigenvalue weighted by molar-refractivity contribution is 5.70. The average Bonchev–Trinajstić information content (AvgIpc) is 3.37. The SMILES string of the molecule is COc1nc(-c2ccc(N(C)[C@@H]3C[C@H]4CC[C@@H](C3)N4)nn2)ccc1-c1cnn(C)c1. The van der Waals surface area contributed by atoms with Gasteiger partial charge >= 0.3 is 0 Å². The summed E-state index contributed by atoms with van der Waals surface area (Å²) in [6.45, 7) is 0. The summed E-state index contributed by atoms with van der Waals surface area (Å²) in [5.41, 5.74) is 3.33. The lowest BCUT2D eigenvalue weighted by atomic mass is 9.98. The normalized spacial score (nSPS) is 22.8. The summed E-state index contributed by atoms with van der Waals surface area (Å²) in [7, 11) is 5.64. The van der Waals surface area contributed by atoms with Crippen LogP contribution in [0.3, 0.4) is 0 Å². The number of methoxy groups -OCH3 is 1. The van der Waals surface area contributed by atoms with Crippen LogP contribution < -0.4 is 15.0 Å². The van der Waals surface area contributed by atoms with E-state index in [0.717, 1.165) is 28.3 Å². The number of fused-ring (bicyclic) bond motifs is 2. The van der Waals surface area contributed by atoms with Gasteiger partial charge in [0.05, 0.1) is 19.0 Å². The summed E-state index contributed by atoms with van der Waals surface area (Å²) in [5, 5.41) is 16.9. The molecule has 2 saturated heterocycles. The van der Waals surface area contributed by atoms with Crippen molar-refractivity contribution in [1.29, 1.82) is 0 Å². The van der Waals surface area contributed by atoms with Crippen LogP contribution in [0.1, 0.15) is 25.7 Å². The molecule has 8 heteroatoms. The smallest absolute Gasteiger partial charge is 0.221 e. The molecule has 2 fully saturated rings. The summed E-state index contributed by atoms with van der Waals surface area (Å²) in [5.74, 6) is 1.46. The summed E-state index contributed by atoms with van der Waals surface area (Å²) >= 11 is 0. The molecule has 0 radical (unpaired) electrons. The third-order valence-corrected chi connectivity index (χ3v) is 6.34. The molecule has 0 unspecified atom stereocenters. The largest absolute Gasteiger partial charge is 0.481 e. The van der Waals surface area contributed by atoms with Crippen molar-refractivity contribution in [1.82, 2.24) is 30.3 Å². The van der Waals surface area contributed by atoms with Crippen LogP contribution in [0.2, 0.25) is 0 Å². The van der Waals surface area contributed by atoms with Crippen LogP contribution in [0.4, 0.5) is 5.82 Å². The quantitative estimate of drug-likeness (QED) is 0.699. The highest BCUT2D eigenvalue weighted by atomic mass is 16.5. The minimum Gasteiger partial charge on any atom is -0.481 e. The van der Waals surface area contributed by atoms with Gasteiger partial charge in [-0.2, -0.15) is 5.10 Å². The fraction of sp³-hybridized carbons (Fsp3) is 0.455. The first-order valence-corrected chi connectivity index (χ1v) is 10.5. The van der Waals surface area contributed by atoms with Crippen LogP contribution in [0.25, 0.3) is 22.5 Å². The number of ether oxygens (including phenoxy) is 1. The standard InChI is InChI=1S/C22H27N7O/c1-28-13-14(12-23-28)18-6-7-19(25-22(18)30-3)20-8-9-21(27-26-20)29(2)17-10-15-4-5-16(11-17)24-15/h6-9,12-13,15-17,24H,4-5,10-11H2,1-3H3/t15-,16+,17-. The molecule has 3 atom stereocenters. The maximum absolute atomic E-state index is 5.53. The van der Waals surface area contributed by atoms with Crippen molar-refractivity contribution >= 4 is 5.82 Å². The Labute approximate surface area is 176 Å². The minimum absolute atomic E-state index is 0.515. The van der Waals surface area contributed by atoms with E-state index in [-0.39, 0.29) is 0 Å². The van der Waals surface area contributed by atoms with Crippen molar-refractivity contribution in [2.45, 2.75) is 43.8 Å². The van der Waals surface area contributed by atoms with Gasteiger partial charge in [-0.3, -0.25) is 4.68 Å². The Morgan fingerprint density at radius 3 is 2.47 bits per heavy atom. The predicted molar refractivity (Wildman–Crippen MR) is 115 cm³/mol. The third kappa shape index (κ3) is 3.52. The van der Waals surface area contributed by atoms with E-state index in [9.17, 15) is 0 Å². The molecule has 5 heterocycles. The average molecular weight is 406 g/mol. The first kappa shape index (κ1) is 19.0. The highest BCUT2D eigenvalue weighted by Gasteiger charge is 2.35. The number of aromatic nitrogens is 5. The van der Waals surface area contributed by atoms with Gasteiger partial charge in [0, 0.05) is 49.5 Å². The maximum atomic E-state index is 5.53. The Hall–Kier alpha value is -3.00. The van der Waals surface area contributed by atoms with E-state index < -0.39 is 0 Å². The van der Waals surface area contributed by atoms with E-state index in [1.54, 1.807) is 18.0 Å². The van der Waals surface area contributed by atoms with E-state index in [4.69, 9.17) is 4.74 Å². The van der Waals surface area contributed by atoms with Gasteiger partial charge in [0.15, 0.2) is 5.82 Å². The molecule has 30 heavy (non-hydrogen) atoms. The summed E-state index contributed by atoms with van der Waals surface area (Å²) in [4.78, 5) is 6.94. The highest BCUT2D eigenvalue weighted by Crippen LogP contribution is 2.32. The van der Waals surface area contributed by atoms with Crippen LogP contribution in [0.15, 0.2) is 36.7 Å². The van der Waals surface area contributed by atoms with Gasteiger partial charge in [-0.25, -0.2) is 4.98 Å². The van der Waals surface area contributed by atoms with Crippen molar-refractivity contribution in [2.24, 2.45) is 7.05 Å². The van der Waals surface area contributed by atoms with Gasteiger partial charge in [-0.15, -0.1) is 10.2 Å². The molecule has 0 aromatic carbocycles. The lowest BCUT2D eigenvalue weighted by Gasteiger charge is -2.36. The van der Waals surface area contributed by atoms with Gasteiger partial charge in [0.1, 0.15) is 5.69 Å². The molecule has 8 nitrogen and oxygen atoms in total. The Kier molecular flexibility index (Phi) is 4.86. The molecule has 156 valence electrons. The van der Waals surface area contributed by atoms with Crippen molar-refractivity contribution in [3.05, 3.63) is 36.7 Å². The number of pyridine rings is 1. The van der Waals surface area contributed by atoms with E-state index in [1.165, 1.54) is 25.7 Å². The summed E-state index contributed by atoms with van der Waals surface area (Å²) in [6, 6.07) is 9.78. The van der Waals surface area contributed by atoms with Crippen molar-refractivity contribution in [2.75, 3.05) is 19.1 Å². The number of hydrogen-bond acceptors (Lipinski definition) is 7. The second kappa shape index (κ2) is 7.68. The molecule has 0 aliphatic carbocycles. The third-order valence-electron chi connectivity index (χ3n) is 6.34. The molecule has 0 saturated carbocycles. The zero-order valence-corrected chi connectivity index (χ0v) is 17.6. The van der Waals surface area contributed by atoms with Gasteiger partial charge < -0.3 is 15.0 Å². The molecule has 1 N–H and O–H groups in total. The predicted octanol–water partition coefficient (Wildman–Crippen LogP) is 2.67. The van der Waals surface area contributed by atoms with Gasteiger partial charge in [-0.05, 0) is 49.9 Å². The molecule has 2 bridgehead atoms. The second-order valence-electron chi connectivity index (χ2n) is 8.31. The van der Waals surface area contributed by atoms with E-state index >= 15 is 0 Å². The van der Waals surface area contributed by atoms with Gasteiger partial charge in [-0.1, -0.05) is 0 Å². The van der Waals surface area contributed by atoms with E-state index in [2.05, 4.69) is 37.5 Å². The van der Waals surface area contributed by atoms with Gasteiger partial charge in [0.2, 0.25) is 5.88 Å². The van der Waals surface area contributed by atoms with Crippen LogP contribution in [-0.4, -0.2) is 57.2 Å². The first-order chi connectivity index (χ1) is 14.6. The van der Waals surface area contributed by atoms with Crippen molar-refractivity contribution < 1.29 is 4.74 Å². The number of aryl methyl sites for hydroxylation is 1. The van der Waals surface area contributed by atoms with Crippen LogP contribution in [0, 0.1) is 0 Å². The molecule has 0 amide bonds. The number of piperidine rings is 1. The minimum atomic E-state index is 0.515. The molecular weight excluding hydrogens is 378 g/mol. The topological polar surface area (TPSA) is 81.0 Å². The first-order valence-electron chi connectivity index (χ1n) is 10.5. The molecule has 2 aliphatic rings. The Morgan fingerprint density at radius 1 is 1.07 bits per heavy atom. The van der Waals surface area contributed by atoms with Crippen LogP contribution in [0.5, 0.6) is 5.88 Å². The summed E-state index contributed by atoms with van der Waals surface area (Å²) < 4.78 is 7.29. The van der Waals surface area contributed by atoms with Crippen LogP contribution in [-0.2, 0) is 7.05 Å². The zero-order valence-electron chi connectivity index (χ0n) is 17.6. The van der Waals surface area contributed by atoms with Crippen molar-refractivity contribution in [3.8, 4) is 28.4 Å². The Morgan fingerprint density at radius 2 is 1.83 bits per heavy atom. The Bertz CT molecular complexity index is 1020. The second-order valence-corrected chi connectivity index (χ2v) is 8.31.